The van der Waals surface area contributed by atoms with Gasteiger partial charge in [0.25, 0.3) is 5.22 Å². The van der Waals surface area contributed by atoms with Crippen molar-refractivity contribution in [3.8, 4) is 0 Å². The molecule has 0 aliphatic rings. The molecule has 22 heavy (non-hydrogen) atoms. The Bertz CT molecular complexity index is 643. The Kier molecular flexibility index (Phi) is 5.23. The van der Waals surface area contributed by atoms with Gasteiger partial charge < -0.3 is 9.73 Å². The van der Waals surface area contributed by atoms with Crippen LogP contribution in [0, 0.1) is 0 Å². The summed E-state index contributed by atoms with van der Waals surface area (Å²) in [5, 5.41) is 13.6. The van der Waals surface area contributed by atoms with Crippen LogP contribution in [0.2, 0.25) is 0 Å². The molecule has 0 saturated carbocycles. The van der Waals surface area contributed by atoms with Gasteiger partial charge in [-0.05, 0) is 0 Å². The number of rotatable bonds is 5. The van der Waals surface area contributed by atoms with Gasteiger partial charge in [0, 0.05) is 16.7 Å². The Morgan fingerprint density at radius 3 is 2.68 bits per heavy atom. The second kappa shape index (κ2) is 6.78. The molecule has 120 valence electrons. The van der Waals surface area contributed by atoms with E-state index in [1.807, 2.05) is 19.2 Å². The molecule has 2 heterocycles. The van der Waals surface area contributed by atoms with Crippen LogP contribution in [0.15, 0.2) is 15.0 Å². The summed E-state index contributed by atoms with van der Waals surface area (Å²) in [6.07, 6.45) is 0. The van der Waals surface area contributed by atoms with Crippen LogP contribution in [-0.4, -0.2) is 26.8 Å². The zero-order chi connectivity index (χ0) is 16.3. The highest BCUT2D eigenvalue weighted by molar-refractivity contribution is 7.99. The maximum atomic E-state index is 11.9. The lowest BCUT2D eigenvalue weighted by molar-refractivity contribution is -0.113. The quantitative estimate of drug-likeness (QED) is 0.836. The van der Waals surface area contributed by atoms with Crippen molar-refractivity contribution < 1.29 is 9.21 Å². The highest BCUT2D eigenvalue weighted by Gasteiger charge is 2.18. The fourth-order valence-electron chi connectivity index (χ4n) is 1.47. The Labute approximate surface area is 138 Å². The van der Waals surface area contributed by atoms with Gasteiger partial charge in [-0.25, -0.2) is 4.98 Å². The number of nitrogens with zero attached hydrogens (tertiary/aromatic N) is 3. The molecule has 0 aliphatic heterocycles. The molecule has 0 aliphatic carbocycles. The van der Waals surface area contributed by atoms with Gasteiger partial charge in [0.05, 0.1) is 11.4 Å². The molecule has 0 radical (unpaired) electrons. The number of anilines is 1. The van der Waals surface area contributed by atoms with E-state index in [9.17, 15) is 4.79 Å². The van der Waals surface area contributed by atoms with Crippen molar-refractivity contribution >= 4 is 34.1 Å². The maximum Gasteiger partial charge on any atom is 0.277 e. The predicted octanol–water partition coefficient (Wildman–Crippen LogP) is 3.68. The van der Waals surface area contributed by atoms with Gasteiger partial charge in [0.1, 0.15) is 0 Å². The van der Waals surface area contributed by atoms with Crippen molar-refractivity contribution in [1.29, 1.82) is 0 Å². The van der Waals surface area contributed by atoms with E-state index >= 15 is 0 Å². The minimum Gasteiger partial charge on any atom is -0.416 e. The minimum atomic E-state index is -0.135. The number of carbonyl (C=O) groups is 1. The summed E-state index contributed by atoms with van der Waals surface area (Å²) < 4.78 is 5.44. The molecular formula is C14H20N4O2S2. The molecule has 2 rings (SSSR count). The molecule has 0 spiro atoms. The normalized spacial score (nSPS) is 11.9. The third-order valence-corrected chi connectivity index (χ3v) is 4.34. The zero-order valence-electron chi connectivity index (χ0n) is 13.3. The first-order valence-corrected chi connectivity index (χ1v) is 8.84. The molecule has 1 amide bonds. The molecule has 6 nitrogen and oxygen atoms in total. The van der Waals surface area contributed by atoms with E-state index in [-0.39, 0.29) is 23.0 Å². The lowest BCUT2D eigenvalue weighted by Gasteiger charge is -2.14. The van der Waals surface area contributed by atoms with E-state index in [2.05, 4.69) is 41.3 Å². The molecule has 8 heteroatoms. The van der Waals surface area contributed by atoms with Crippen molar-refractivity contribution in [1.82, 2.24) is 15.2 Å². The van der Waals surface area contributed by atoms with Gasteiger partial charge in [0.2, 0.25) is 11.8 Å². The largest absolute Gasteiger partial charge is 0.416 e. The fraction of sp³-hybridized carbons (Fsp3) is 0.571. The molecule has 0 fully saturated rings. The zero-order valence-corrected chi connectivity index (χ0v) is 15.0. The lowest BCUT2D eigenvalue weighted by atomic mass is 9.93. The summed E-state index contributed by atoms with van der Waals surface area (Å²) in [4.78, 5) is 16.4. The number of carbonyl (C=O) groups excluding carboxylic acids is 1. The number of amides is 1. The molecule has 2 aromatic heterocycles. The number of hydrogen-bond acceptors (Lipinski definition) is 7. The van der Waals surface area contributed by atoms with E-state index in [1.54, 1.807) is 0 Å². The van der Waals surface area contributed by atoms with Gasteiger partial charge in [-0.15, -0.1) is 21.5 Å². The Hall–Kier alpha value is -1.41. The van der Waals surface area contributed by atoms with Gasteiger partial charge in [0.15, 0.2) is 5.13 Å². The second-order valence-corrected chi connectivity index (χ2v) is 7.97. The van der Waals surface area contributed by atoms with E-state index in [0.717, 1.165) is 5.69 Å². The monoisotopic (exact) mass is 340 g/mol. The standard InChI is InChI=1S/C14H20N4O2S2/c1-8(2)11-17-18-13(20-11)22-7-10(19)16-12-15-9(6-21-12)14(3,4)5/h6,8H,7H2,1-5H3,(H,15,16,19). The summed E-state index contributed by atoms with van der Waals surface area (Å²) >= 11 is 2.65. The summed E-state index contributed by atoms with van der Waals surface area (Å²) in [5.41, 5.74) is 0.949. The first-order chi connectivity index (χ1) is 10.3. The average Bonchev–Trinajstić information content (AvgIpc) is 3.04. The van der Waals surface area contributed by atoms with Crippen LogP contribution in [0.1, 0.15) is 52.1 Å². The second-order valence-electron chi connectivity index (χ2n) is 6.19. The molecule has 2 aromatic rings. The Morgan fingerprint density at radius 2 is 2.14 bits per heavy atom. The number of thiazole rings is 1. The smallest absolute Gasteiger partial charge is 0.277 e. The van der Waals surface area contributed by atoms with Crippen molar-refractivity contribution in [3.05, 3.63) is 17.0 Å². The summed E-state index contributed by atoms with van der Waals surface area (Å²) in [7, 11) is 0. The van der Waals surface area contributed by atoms with Crippen LogP contribution in [0.3, 0.4) is 0 Å². The number of thioether (sulfide) groups is 1. The minimum absolute atomic E-state index is 0.0226. The predicted molar refractivity (Wildman–Crippen MR) is 88.6 cm³/mol. The van der Waals surface area contributed by atoms with Crippen molar-refractivity contribution in [2.45, 2.75) is 51.2 Å². The van der Waals surface area contributed by atoms with E-state index in [1.165, 1.54) is 23.1 Å². The molecule has 0 saturated heterocycles. The topological polar surface area (TPSA) is 80.9 Å². The third kappa shape index (κ3) is 4.54. The van der Waals surface area contributed by atoms with E-state index < -0.39 is 0 Å². The molecule has 0 aromatic carbocycles. The summed E-state index contributed by atoms with van der Waals surface area (Å²) in [6.45, 7) is 10.2. The summed E-state index contributed by atoms with van der Waals surface area (Å²) in [6, 6.07) is 0. The Balaban J connectivity index is 1.86. The lowest BCUT2D eigenvalue weighted by Crippen LogP contribution is -2.15. The van der Waals surface area contributed by atoms with E-state index in [4.69, 9.17) is 4.42 Å². The molecule has 0 unspecified atom stereocenters. The number of aromatic nitrogens is 3. The highest BCUT2D eigenvalue weighted by Crippen LogP contribution is 2.26. The van der Waals surface area contributed by atoms with Crippen LogP contribution in [0.4, 0.5) is 5.13 Å². The fourth-order valence-corrected chi connectivity index (χ4v) is 2.99. The van der Waals surface area contributed by atoms with Crippen molar-refractivity contribution in [2.75, 3.05) is 11.1 Å². The molecule has 0 bridgehead atoms. The van der Waals surface area contributed by atoms with Crippen LogP contribution in [0.25, 0.3) is 0 Å². The molecule has 1 N–H and O–H groups in total. The first kappa shape index (κ1) is 17.0. The van der Waals surface area contributed by atoms with Gasteiger partial charge in [-0.2, -0.15) is 0 Å². The van der Waals surface area contributed by atoms with Gasteiger partial charge in [-0.1, -0.05) is 46.4 Å². The highest BCUT2D eigenvalue weighted by atomic mass is 32.2. The van der Waals surface area contributed by atoms with Crippen LogP contribution in [-0.2, 0) is 10.2 Å². The van der Waals surface area contributed by atoms with E-state index in [0.29, 0.717) is 16.2 Å². The van der Waals surface area contributed by atoms with Crippen LogP contribution < -0.4 is 5.32 Å². The number of nitrogens with one attached hydrogen (secondary N) is 1. The molecular weight excluding hydrogens is 320 g/mol. The third-order valence-electron chi connectivity index (χ3n) is 2.76. The molecule has 0 atom stereocenters. The van der Waals surface area contributed by atoms with Gasteiger partial charge in [-0.3, -0.25) is 4.79 Å². The van der Waals surface area contributed by atoms with Crippen molar-refractivity contribution in [2.24, 2.45) is 0 Å². The van der Waals surface area contributed by atoms with Crippen LogP contribution in [0.5, 0.6) is 0 Å². The SMILES string of the molecule is CC(C)c1nnc(SCC(=O)Nc2nc(C(C)(C)C)cs2)o1. The van der Waals surface area contributed by atoms with Crippen molar-refractivity contribution in [3.63, 3.8) is 0 Å². The average molecular weight is 340 g/mol. The Morgan fingerprint density at radius 1 is 1.41 bits per heavy atom. The number of hydrogen-bond donors (Lipinski definition) is 1. The van der Waals surface area contributed by atoms with Gasteiger partial charge >= 0.3 is 0 Å². The van der Waals surface area contributed by atoms with Crippen LogP contribution >= 0.6 is 23.1 Å². The summed E-state index contributed by atoms with van der Waals surface area (Å²) in [5.74, 6) is 0.841. The first-order valence-electron chi connectivity index (χ1n) is 6.98. The maximum absolute atomic E-state index is 11.9.